The molecule has 0 bridgehead atoms. The molecule has 1 amide bonds. The van der Waals surface area contributed by atoms with Crippen molar-refractivity contribution in [3.8, 4) is 0 Å². The molecule has 0 heterocycles. The van der Waals surface area contributed by atoms with E-state index in [1.54, 1.807) is 60.7 Å². The number of nitrogens with zero attached hydrogens (tertiary/aromatic N) is 2. The average Bonchev–Trinajstić information content (AvgIpc) is 2.75. The van der Waals surface area contributed by atoms with Crippen LogP contribution < -0.4 is 5.43 Å². The lowest BCUT2D eigenvalue weighted by Crippen LogP contribution is -2.39. The van der Waals surface area contributed by atoms with Crippen molar-refractivity contribution >= 4 is 61.3 Å². The van der Waals surface area contributed by atoms with Gasteiger partial charge in [0.15, 0.2) is 0 Å². The summed E-state index contributed by atoms with van der Waals surface area (Å²) in [7, 11) is -3.95. The van der Waals surface area contributed by atoms with E-state index in [1.165, 1.54) is 18.3 Å². The van der Waals surface area contributed by atoms with Gasteiger partial charge in [-0.25, -0.2) is 13.8 Å². The number of carbonyl (C=O) groups excluding carboxylic acids is 1. The maximum absolute atomic E-state index is 13.2. The van der Waals surface area contributed by atoms with Crippen molar-refractivity contribution in [2.24, 2.45) is 5.10 Å². The van der Waals surface area contributed by atoms with Crippen LogP contribution in [0, 0.1) is 0 Å². The van der Waals surface area contributed by atoms with Gasteiger partial charge >= 0.3 is 0 Å². The van der Waals surface area contributed by atoms with Gasteiger partial charge in [-0.2, -0.15) is 9.41 Å². The van der Waals surface area contributed by atoms with Crippen molar-refractivity contribution in [1.29, 1.82) is 0 Å². The van der Waals surface area contributed by atoms with Crippen LogP contribution in [0.25, 0.3) is 0 Å². The first-order chi connectivity index (χ1) is 15.2. The highest BCUT2D eigenvalue weighted by Crippen LogP contribution is 2.21. The molecule has 3 aromatic carbocycles. The molecule has 166 valence electrons. The Bertz CT molecular complexity index is 1220. The molecule has 10 heteroatoms. The second-order valence-electron chi connectivity index (χ2n) is 6.70. The summed E-state index contributed by atoms with van der Waals surface area (Å²) in [4.78, 5) is 12.6. The van der Waals surface area contributed by atoms with Crippen LogP contribution in [-0.2, 0) is 21.4 Å². The van der Waals surface area contributed by atoms with E-state index in [4.69, 9.17) is 23.2 Å². The monoisotopic (exact) mass is 553 g/mol. The molecular formula is C22H18BrCl2N3O3S. The summed E-state index contributed by atoms with van der Waals surface area (Å²) >= 11 is 15.1. The summed E-state index contributed by atoms with van der Waals surface area (Å²) in [6, 6.07) is 19.9. The second kappa shape index (κ2) is 11.1. The molecular weight excluding hydrogens is 537 g/mol. The number of sulfonamides is 1. The predicted molar refractivity (Wildman–Crippen MR) is 130 cm³/mol. The zero-order chi connectivity index (χ0) is 23.1. The van der Waals surface area contributed by atoms with E-state index in [9.17, 15) is 13.2 Å². The van der Waals surface area contributed by atoms with Gasteiger partial charge in [-0.15, -0.1) is 0 Å². The largest absolute Gasteiger partial charge is 0.272 e. The van der Waals surface area contributed by atoms with E-state index in [2.05, 4.69) is 26.5 Å². The minimum atomic E-state index is -3.95. The van der Waals surface area contributed by atoms with Crippen LogP contribution in [0.4, 0.5) is 0 Å². The Morgan fingerprint density at radius 3 is 2.34 bits per heavy atom. The maximum atomic E-state index is 13.2. The van der Waals surface area contributed by atoms with E-state index < -0.39 is 22.5 Å². The van der Waals surface area contributed by atoms with Crippen molar-refractivity contribution in [3.63, 3.8) is 0 Å². The molecule has 0 aromatic heterocycles. The molecule has 0 radical (unpaired) electrons. The predicted octanol–water partition coefficient (Wildman–Crippen LogP) is 5.10. The van der Waals surface area contributed by atoms with Crippen molar-refractivity contribution in [2.75, 3.05) is 6.54 Å². The fraction of sp³-hybridized carbons (Fsp3) is 0.0909. The molecule has 0 spiro atoms. The van der Waals surface area contributed by atoms with E-state index in [-0.39, 0.29) is 11.4 Å². The molecule has 3 rings (SSSR count). The smallest absolute Gasteiger partial charge is 0.255 e. The molecule has 0 aliphatic rings. The molecule has 0 fully saturated rings. The number of carbonyl (C=O) groups is 1. The third-order valence-electron chi connectivity index (χ3n) is 4.30. The number of halogens is 3. The van der Waals surface area contributed by atoms with E-state index in [0.717, 1.165) is 8.78 Å². The topological polar surface area (TPSA) is 78.8 Å². The Balaban J connectivity index is 1.79. The van der Waals surface area contributed by atoms with E-state index in [0.29, 0.717) is 21.2 Å². The molecule has 0 saturated carbocycles. The molecule has 0 saturated heterocycles. The summed E-state index contributed by atoms with van der Waals surface area (Å²) in [5.41, 5.74) is 3.74. The van der Waals surface area contributed by atoms with Crippen molar-refractivity contribution in [2.45, 2.75) is 11.4 Å². The summed E-state index contributed by atoms with van der Waals surface area (Å²) in [5, 5.41) is 4.96. The van der Waals surface area contributed by atoms with Gasteiger partial charge in [0.25, 0.3) is 5.91 Å². The van der Waals surface area contributed by atoms with Crippen LogP contribution in [0.5, 0.6) is 0 Å². The van der Waals surface area contributed by atoms with Gasteiger partial charge in [-0.1, -0.05) is 63.4 Å². The Labute approximate surface area is 205 Å². The highest BCUT2D eigenvalue weighted by Gasteiger charge is 2.27. The number of nitrogens with one attached hydrogen (secondary N) is 1. The first kappa shape index (κ1) is 24.4. The Kier molecular flexibility index (Phi) is 8.44. The molecule has 6 nitrogen and oxygen atoms in total. The van der Waals surface area contributed by atoms with Crippen molar-refractivity contribution in [3.05, 3.63) is 98.4 Å². The van der Waals surface area contributed by atoms with Gasteiger partial charge in [-0.05, 0) is 59.7 Å². The summed E-state index contributed by atoms with van der Waals surface area (Å²) in [6.07, 6.45) is 1.43. The minimum absolute atomic E-state index is 0.0129. The lowest BCUT2D eigenvalue weighted by molar-refractivity contribution is -0.121. The third kappa shape index (κ3) is 6.88. The van der Waals surface area contributed by atoms with Gasteiger partial charge in [0, 0.05) is 21.1 Å². The number of hydrazone groups is 1. The number of amides is 1. The highest BCUT2D eigenvalue weighted by atomic mass is 79.9. The van der Waals surface area contributed by atoms with Gasteiger partial charge in [0.05, 0.1) is 17.7 Å². The SMILES string of the molecule is O=C(CN(Cc1ccc(Cl)cc1)S(=O)(=O)c1ccc(Br)cc1)N/N=C\c1cccc(Cl)c1. The minimum Gasteiger partial charge on any atom is -0.272 e. The van der Waals surface area contributed by atoms with E-state index in [1.807, 2.05) is 0 Å². The molecule has 0 aliphatic heterocycles. The first-order valence-corrected chi connectivity index (χ1v) is 12.3. The maximum Gasteiger partial charge on any atom is 0.255 e. The van der Waals surface area contributed by atoms with Crippen LogP contribution in [-0.4, -0.2) is 31.4 Å². The number of hydrogen-bond donors (Lipinski definition) is 1. The van der Waals surface area contributed by atoms with Crippen LogP contribution in [0.2, 0.25) is 10.0 Å². The van der Waals surface area contributed by atoms with Crippen molar-refractivity contribution < 1.29 is 13.2 Å². The first-order valence-electron chi connectivity index (χ1n) is 9.32. The Morgan fingerprint density at radius 2 is 1.69 bits per heavy atom. The van der Waals surface area contributed by atoms with Gasteiger partial charge in [0.2, 0.25) is 10.0 Å². The van der Waals surface area contributed by atoms with Crippen molar-refractivity contribution in [1.82, 2.24) is 9.73 Å². The fourth-order valence-corrected chi connectivity index (χ4v) is 4.71. The van der Waals surface area contributed by atoms with Crippen LogP contribution >= 0.6 is 39.1 Å². The van der Waals surface area contributed by atoms with Gasteiger partial charge in [-0.3, -0.25) is 4.79 Å². The molecule has 1 N–H and O–H groups in total. The summed E-state index contributed by atoms with van der Waals surface area (Å²) < 4.78 is 28.3. The summed E-state index contributed by atoms with van der Waals surface area (Å²) in [6.45, 7) is -0.436. The van der Waals surface area contributed by atoms with Crippen LogP contribution in [0.3, 0.4) is 0 Å². The molecule has 32 heavy (non-hydrogen) atoms. The molecule has 0 atom stereocenters. The zero-order valence-electron chi connectivity index (χ0n) is 16.6. The average molecular weight is 555 g/mol. The molecule has 3 aromatic rings. The lowest BCUT2D eigenvalue weighted by Gasteiger charge is -2.21. The summed E-state index contributed by atoms with van der Waals surface area (Å²) in [5.74, 6) is -0.585. The number of hydrogen-bond acceptors (Lipinski definition) is 4. The third-order valence-corrected chi connectivity index (χ3v) is 7.12. The fourth-order valence-electron chi connectivity index (χ4n) is 2.74. The molecule has 0 unspecified atom stereocenters. The Hall–Kier alpha value is -2.23. The normalized spacial score (nSPS) is 11.8. The zero-order valence-corrected chi connectivity index (χ0v) is 20.5. The number of benzene rings is 3. The molecule has 0 aliphatic carbocycles. The Morgan fingerprint density at radius 1 is 1.00 bits per heavy atom. The standard InChI is InChI=1S/C22H18BrCl2N3O3S/c23-18-6-10-21(11-7-18)32(30,31)28(14-16-4-8-19(24)9-5-16)15-22(29)27-26-13-17-2-1-3-20(25)12-17/h1-13H,14-15H2,(H,27,29)/b26-13-. The van der Waals surface area contributed by atoms with Crippen LogP contribution in [0.15, 0.2) is 87.3 Å². The van der Waals surface area contributed by atoms with Gasteiger partial charge < -0.3 is 0 Å². The van der Waals surface area contributed by atoms with E-state index >= 15 is 0 Å². The van der Waals surface area contributed by atoms with Gasteiger partial charge in [0.1, 0.15) is 0 Å². The highest BCUT2D eigenvalue weighted by molar-refractivity contribution is 9.10. The second-order valence-corrected chi connectivity index (χ2v) is 10.4. The number of rotatable bonds is 8. The van der Waals surface area contributed by atoms with Crippen LogP contribution in [0.1, 0.15) is 11.1 Å². The lowest BCUT2D eigenvalue weighted by atomic mass is 10.2. The quantitative estimate of drug-likeness (QED) is 0.311.